The van der Waals surface area contributed by atoms with Gasteiger partial charge in [0.15, 0.2) is 0 Å². The fraction of sp³-hybridized carbons (Fsp3) is 0.250. The van der Waals surface area contributed by atoms with Gasteiger partial charge in [-0.1, -0.05) is 30.3 Å². The van der Waals surface area contributed by atoms with Crippen LogP contribution in [0.25, 0.3) is 6.08 Å². The zero-order valence-corrected chi connectivity index (χ0v) is 13.9. The summed E-state index contributed by atoms with van der Waals surface area (Å²) in [5.74, 6) is -0.719. The summed E-state index contributed by atoms with van der Waals surface area (Å²) in [5, 5.41) is 0.897. The molecule has 8 heteroatoms. The molecule has 0 aliphatic heterocycles. The number of ether oxygens (including phenoxy) is 2. The van der Waals surface area contributed by atoms with Crippen LogP contribution in [0.5, 0.6) is 0 Å². The van der Waals surface area contributed by atoms with Crippen molar-refractivity contribution in [2.75, 3.05) is 13.2 Å². The van der Waals surface area contributed by atoms with Gasteiger partial charge >= 0.3 is 16.1 Å². The van der Waals surface area contributed by atoms with E-state index in [-0.39, 0.29) is 18.8 Å². The number of carbonyl (C=O) groups excluding carboxylic acids is 2. The lowest BCUT2D eigenvalue weighted by atomic mass is 10.2. The van der Waals surface area contributed by atoms with E-state index in [1.165, 1.54) is 13.0 Å². The molecule has 0 radical (unpaired) electrons. The molecule has 1 aromatic rings. The first-order chi connectivity index (χ1) is 11.4. The van der Waals surface area contributed by atoms with Crippen LogP contribution in [0.2, 0.25) is 0 Å². The number of hydrogen-bond donors (Lipinski definition) is 0. The Hall–Kier alpha value is -2.61. The van der Waals surface area contributed by atoms with E-state index in [9.17, 15) is 18.0 Å². The summed E-state index contributed by atoms with van der Waals surface area (Å²) in [6.07, 6.45) is 2.54. The second-order valence-corrected chi connectivity index (χ2v) is 6.01. The third-order valence-corrected chi connectivity index (χ3v) is 3.45. The number of rotatable bonds is 10. The monoisotopic (exact) mass is 354 g/mol. The van der Waals surface area contributed by atoms with Crippen LogP contribution in [0.3, 0.4) is 0 Å². The van der Waals surface area contributed by atoms with E-state index in [1.807, 2.05) is 6.07 Å². The Bertz CT molecular complexity index is 690. The fourth-order valence-electron chi connectivity index (χ4n) is 1.41. The molecule has 0 fully saturated rings. The van der Waals surface area contributed by atoms with Gasteiger partial charge < -0.3 is 13.7 Å². The Morgan fingerprint density at radius 1 is 1.17 bits per heavy atom. The van der Waals surface area contributed by atoms with Gasteiger partial charge in [0, 0.05) is 6.42 Å². The number of hydrogen-bond acceptors (Lipinski definition) is 7. The second kappa shape index (κ2) is 10.2. The highest BCUT2D eigenvalue weighted by atomic mass is 32.2. The molecule has 0 atom stereocenters. The Labute approximate surface area is 140 Å². The zero-order chi connectivity index (χ0) is 17.8. The standard InChI is InChI=1S/C16H18O7S/c1-14(16(18)22-10-5-9-21-13-17)12-23-24(19,20)11-8-15-6-3-2-4-7-15/h2-4,6-8,11-13H,5,9-10H2,1H3. The minimum atomic E-state index is -3.96. The normalized spacial score (nSPS) is 12.0. The van der Waals surface area contributed by atoms with Gasteiger partial charge in [-0.25, -0.2) is 4.79 Å². The Morgan fingerprint density at radius 3 is 2.54 bits per heavy atom. The molecule has 1 rings (SSSR count). The quantitative estimate of drug-likeness (QED) is 0.158. The molecule has 0 heterocycles. The number of benzene rings is 1. The molecule has 1 aromatic carbocycles. The number of esters is 1. The molecule has 24 heavy (non-hydrogen) atoms. The van der Waals surface area contributed by atoms with Gasteiger partial charge in [-0.15, -0.1) is 0 Å². The van der Waals surface area contributed by atoms with Gasteiger partial charge in [-0.05, 0) is 18.6 Å². The van der Waals surface area contributed by atoms with Gasteiger partial charge in [0.05, 0.1) is 24.2 Å². The first-order valence-electron chi connectivity index (χ1n) is 7.00. The summed E-state index contributed by atoms with van der Waals surface area (Å²) in [6, 6.07) is 8.82. The predicted octanol–water partition coefficient (Wildman–Crippen LogP) is 2.01. The van der Waals surface area contributed by atoms with E-state index in [0.717, 1.165) is 11.7 Å². The minimum Gasteiger partial charge on any atom is -0.468 e. The van der Waals surface area contributed by atoms with Crippen molar-refractivity contribution >= 4 is 28.6 Å². The van der Waals surface area contributed by atoms with Crippen molar-refractivity contribution in [1.29, 1.82) is 0 Å². The van der Waals surface area contributed by atoms with Crippen LogP contribution in [-0.4, -0.2) is 34.1 Å². The molecule has 0 bridgehead atoms. The molecule has 130 valence electrons. The average molecular weight is 354 g/mol. The van der Waals surface area contributed by atoms with E-state index in [4.69, 9.17) is 4.74 Å². The van der Waals surface area contributed by atoms with Crippen molar-refractivity contribution in [3.05, 3.63) is 53.1 Å². The van der Waals surface area contributed by atoms with Crippen molar-refractivity contribution in [3.63, 3.8) is 0 Å². The van der Waals surface area contributed by atoms with E-state index in [2.05, 4.69) is 8.92 Å². The smallest absolute Gasteiger partial charge is 0.336 e. The lowest BCUT2D eigenvalue weighted by molar-refractivity contribution is -0.139. The van der Waals surface area contributed by atoms with Gasteiger partial charge in [0.25, 0.3) is 6.47 Å². The van der Waals surface area contributed by atoms with Crippen LogP contribution in [0, 0.1) is 0 Å². The van der Waals surface area contributed by atoms with Gasteiger partial charge in [0.1, 0.15) is 6.26 Å². The van der Waals surface area contributed by atoms with E-state index < -0.39 is 16.1 Å². The first kappa shape index (κ1) is 19.4. The third-order valence-electron chi connectivity index (χ3n) is 2.62. The molecule has 0 saturated carbocycles. The van der Waals surface area contributed by atoms with Crippen LogP contribution in [-0.2, 0) is 33.4 Å². The maximum absolute atomic E-state index is 11.7. The van der Waals surface area contributed by atoms with Gasteiger partial charge in [-0.3, -0.25) is 4.79 Å². The summed E-state index contributed by atoms with van der Waals surface area (Å²) in [7, 11) is -3.96. The second-order valence-electron chi connectivity index (χ2n) is 4.56. The molecule has 0 N–H and O–H groups in total. The summed E-state index contributed by atoms with van der Waals surface area (Å²) in [5.41, 5.74) is 0.685. The zero-order valence-electron chi connectivity index (χ0n) is 13.1. The van der Waals surface area contributed by atoms with Crippen molar-refractivity contribution < 1.29 is 31.7 Å². The molecule has 0 saturated heterocycles. The maximum Gasteiger partial charge on any atom is 0.336 e. The molecule has 0 unspecified atom stereocenters. The largest absolute Gasteiger partial charge is 0.468 e. The Morgan fingerprint density at radius 2 is 1.88 bits per heavy atom. The van der Waals surface area contributed by atoms with E-state index in [0.29, 0.717) is 18.5 Å². The maximum atomic E-state index is 11.7. The average Bonchev–Trinajstić information content (AvgIpc) is 2.58. The van der Waals surface area contributed by atoms with Gasteiger partial charge in [-0.2, -0.15) is 8.42 Å². The van der Waals surface area contributed by atoms with Crippen molar-refractivity contribution in [2.45, 2.75) is 13.3 Å². The molecular weight excluding hydrogens is 336 g/mol. The van der Waals surface area contributed by atoms with Gasteiger partial charge in [0.2, 0.25) is 0 Å². The van der Waals surface area contributed by atoms with Crippen LogP contribution in [0.1, 0.15) is 18.9 Å². The summed E-state index contributed by atoms with van der Waals surface area (Å²) < 4.78 is 37.3. The van der Waals surface area contributed by atoms with Crippen molar-refractivity contribution in [3.8, 4) is 0 Å². The molecule has 0 aliphatic rings. The lowest BCUT2D eigenvalue weighted by Gasteiger charge is -2.04. The molecule has 7 nitrogen and oxygen atoms in total. The summed E-state index contributed by atoms with van der Waals surface area (Å²) in [4.78, 5) is 21.5. The SMILES string of the molecule is CC(=COS(=O)(=O)C=Cc1ccccc1)C(=O)OCCCOC=O. The molecule has 0 aliphatic carbocycles. The van der Waals surface area contributed by atoms with Crippen LogP contribution in [0.4, 0.5) is 0 Å². The van der Waals surface area contributed by atoms with Crippen LogP contribution in [0.15, 0.2) is 47.6 Å². The third kappa shape index (κ3) is 8.14. The van der Waals surface area contributed by atoms with Crippen molar-refractivity contribution in [1.82, 2.24) is 0 Å². The molecular formula is C16H18O7S. The van der Waals surface area contributed by atoms with Crippen molar-refractivity contribution in [2.24, 2.45) is 0 Å². The number of carbonyl (C=O) groups is 2. The fourth-order valence-corrected chi connectivity index (χ4v) is 2.08. The first-order valence-corrected chi connectivity index (χ1v) is 8.47. The highest BCUT2D eigenvalue weighted by molar-refractivity contribution is 7.89. The highest BCUT2D eigenvalue weighted by Gasteiger charge is 2.09. The summed E-state index contributed by atoms with van der Waals surface area (Å²) in [6.45, 7) is 1.84. The molecule has 0 spiro atoms. The highest BCUT2D eigenvalue weighted by Crippen LogP contribution is 2.07. The van der Waals surface area contributed by atoms with E-state index >= 15 is 0 Å². The topological polar surface area (TPSA) is 96.0 Å². The molecule has 0 aromatic heterocycles. The minimum absolute atomic E-state index is 0.0111. The van der Waals surface area contributed by atoms with E-state index in [1.54, 1.807) is 24.3 Å². The summed E-state index contributed by atoms with van der Waals surface area (Å²) >= 11 is 0. The predicted molar refractivity (Wildman–Crippen MR) is 86.8 cm³/mol. The molecule has 0 amide bonds. The van der Waals surface area contributed by atoms with Crippen LogP contribution >= 0.6 is 0 Å². The Balaban J connectivity index is 2.48. The lowest BCUT2D eigenvalue weighted by Crippen LogP contribution is -2.09. The van der Waals surface area contributed by atoms with Crippen LogP contribution < -0.4 is 0 Å². The Kier molecular flexibility index (Phi) is 8.28.